The molecule has 1 aliphatic heterocycles. The summed E-state index contributed by atoms with van der Waals surface area (Å²) in [6.45, 7) is 1.33. The van der Waals surface area contributed by atoms with E-state index in [9.17, 15) is 4.79 Å². The molecule has 1 saturated heterocycles. The maximum atomic E-state index is 12.7. The fourth-order valence-electron chi connectivity index (χ4n) is 3.53. The molecule has 0 aliphatic carbocycles. The van der Waals surface area contributed by atoms with Crippen molar-refractivity contribution in [1.29, 1.82) is 0 Å². The Balaban J connectivity index is 1.73. The lowest BCUT2D eigenvalue weighted by molar-refractivity contribution is -0.119. The Morgan fingerprint density at radius 3 is 2.54 bits per heavy atom. The molecule has 5 nitrogen and oxygen atoms in total. The van der Waals surface area contributed by atoms with Crippen LogP contribution in [0.4, 0.5) is 5.69 Å². The number of anilines is 1. The van der Waals surface area contributed by atoms with Crippen LogP contribution in [-0.2, 0) is 4.79 Å². The van der Waals surface area contributed by atoms with E-state index < -0.39 is 0 Å². The van der Waals surface area contributed by atoms with Crippen LogP contribution in [0.15, 0.2) is 48.5 Å². The van der Waals surface area contributed by atoms with E-state index in [1.165, 1.54) is 0 Å². The Morgan fingerprint density at radius 1 is 1.12 bits per heavy atom. The van der Waals surface area contributed by atoms with Gasteiger partial charge in [-0.3, -0.25) is 9.69 Å². The van der Waals surface area contributed by atoms with Crippen LogP contribution in [-0.4, -0.2) is 45.2 Å². The molecule has 0 spiro atoms. The van der Waals surface area contributed by atoms with Crippen molar-refractivity contribution < 1.29 is 14.3 Å². The first-order valence-corrected chi connectivity index (χ1v) is 8.91. The van der Waals surface area contributed by atoms with Gasteiger partial charge in [-0.25, -0.2) is 0 Å². The Bertz CT molecular complexity index is 748. The summed E-state index contributed by atoms with van der Waals surface area (Å²) >= 11 is 0. The number of carbonyl (C=O) groups is 1. The molecule has 1 aliphatic rings. The quantitative estimate of drug-likeness (QED) is 0.796. The maximum Gasteiger partial charge on any atom is 0.240 e. The molecule has 1 amide bonds. The molecule has 0 N–H and O–H groups in total. The second-order valence-electron chi connectivity index (χ2n) is 6.53. The van der Waals surface area contributed by atoms with E-state index in [2.05, 4.69) is 11.0 Å². The molecular formula is C21H26N2O3. The van der Waals surface area contributed by atoms with Crippen molar-refractivity contribution in [1.82, 2.24) is 4.90 Å². The molecule has 1 fully saturated rings. The van der Waals surface area contributed by atoms with Gasteiger partial charge in [0.15, 0.2) is 11.5 Å². The molecule has 0 bridgehead atoms. The van der Waals surface area contributed by atoms with Crippen LogP contribution in [0.3, 0.4) is 0 Å². The summed E-state index contributed by atoms with van der Waals surface area (Å²) < 4.78 is 10.8. The summed E-state index contributed by atoms with van der Waals surface area (Å²) in [7, 11) is 5.11. The molecule has 1 atom stereocenters. The van der Waals surface area contributed by atoms with Crippen molar-refractivity contribution in [3.8, 4) is 11.5 Å². The van der Waals surface area contributed by atoms with Crippen LogP contribution in [0, 0.1) is 0 Å². The first-order chi connectivity index (χ1) is 12.6. The normalized spacial score (nSPS) is 17.1. The van der Waals surface area contributed by atoms with Gasteiger partial charge in [-0.2, -0.15) is 0 Å². The lowest BCUT2D eigenvalue weighted by Crippen LogP contribution is -2.38. The van der Waals surface area contributed by atoms with Gasteiger partial charge in [-0.15, -0.1) is 0 Å². The number of carbonyl (C=O) groups excluding carboxylic acids is 1. The van der Waals surface area contributed by atoms with E-state index >= 15 is 0 Å². The van der Waals surface area contributed by atoms with Gasteiger partial charge in [0.2, 0.25) is 5.91 Å². The van der Waals surface area contributed by atoms with E-state index in [-0.39, 0.29) is 11.9 Å². The Morgan fingerprint density at radius 2 is 1.85 bits per heavy atom. The number of hydrogen-bond donors (Lipinski definition) is 0. The highest BCUT2D eigenvalue weighted by Crippen LogP contribution is 2.36. The molecule has 5 heteroatoms. The van der Waals surface area contributed by atoms with Crippen molar-refractivity contribution in [2.45, 2.75) is 18.9 Å². The van der Waals surface area contributed by atoms with Gasteiger partial charge in [0.25, 0.3) is 0 Å². The van der Waals surface area contributed by atoms with Gasteiger partial charge in [0.1, 0.15) is 0 Å². The van der Waals surface area contributed by atoms with Crippen LogP contribution in [0.2, 0.25) is 0 Å². The second kappa shape index (κ2) is 8.23. The van der Waals surface area contributed by atoms with Gasteiger partial charge in [-0.1, -0.05) is 24.3 Å². The SMILES string of the molecule is COc1ccc(C2CCCN2CC(=O)N(C)c2ccccc2)cc1OC. The fourth-order valence-corrected chi connectivity index (χ4v) is 3.53. The van der Waals surface area contributed by atoms with Crippen LogP contribution >= 0.6 is 0 Å². The highest BCUT2D eigenvalue weighted by atomic mass is 16.5. The summed E-state index contributed by atoms with van der Waals surface area (Å²) in [6.07, 6.45) is 2.12. The van der Waals surface area contributed by atoms with Crippen molar-refractivity contribution in [3.63, 3.8) is 0 Å². The molecule has 2 aromatic rings. The Labute approximate surface area is 155 Å². The molecule has 3 rings (SSSR count). The number of methoxy groups -OCH3 is 2. The number of likely N-dealkylation sites (tertiary alicyclic amines) is 1. The van der Waals surface area contributed by atoms with Crippen LogP contribution in [0.1, 0.15) is 24.4 Å². The zero-order valence-electron chi connectivity index (χ0n) is 15.6. The zero-order chi connectivity index (χ0) is 18.5. The van der Waals surface area contributed by atoms with Gasteiger partial charge in [0.05, 0.1) is 20.8 Å². The number of para-hydroxylation sites is 1. The van der Waals surface area contributed by atoms with Crippen molar-refractivity contribution in [2.75, 3.05) is 39.3 Å². The highest BCUT2D eigenvalue weighted by Gasteiger charge is 2.29. The van der Waals surface area contributed by atoms with E-state index in [0.29, 0.717) is 6.54 Å². The van der Waals surface area contributed by atoms with E-state index in [4.69, 9.17) is 9.47 Å². The molecular weight excluding hydrogens is 328 g/mol. The topological polar surface area (TPSA) is 42.0 Å². The third-order valence-electron chi connectivity index (χ3n) is 5.01. The summed E-state index contributed by atoms with van der Waals surface area (Å²) in [5, 5.41) is 0. The summed E-state index contributed by atoms with van der Waals surface area (Å²) in [6, 6.07) is 16.0. The van der Waals surface area contributed by atoms with Crippen molar-refractivity contribution in [2.24, 2.45) is 0 Å². The van der Waals surface area contributed by atoms with Gasteiger partial charge in [-0.05, 0) is 49.2 Å². The minimum atomic E-state index is 0.101. The number of ether oxygens (including phenoxy) is 2. The van der Waals surface area contributed by atoms with Crippen LogP contribution in [0.5, 0.6) is 11.5 Å². The molecule has 1 heterocycles. The summed E-state index contributed by atoms with van der Waals surface area (Å²) in [4.78, 5) is 16.7. The fraction of sp³-hybridized carbons (Fsp3) is 0.381. The van der Waals surface area contributed by atoms with Gasteiger partial charge >= 0.3 is 0 Å². The minimum absolute atomic E-state index is 0.101. The average Bonchev–Trinajstić information content (AvgIpc) is 3.15. The molecule has 1 unspecified atom stereocenters. The van der Waals surface area contributed by atoms with Crippen LogP contribution in [0.25, 0.3) is 0 Å². The zero-order valence-corrected chi connectivity index (χ0v) is 15.6. The number of likely N-dealkylation sites (N-methyl/N-ethyl adjacent to an activating group) is 1. The van der Waals surface area contributed by atoms with E-state index in [1.54, 1.807) is 19.1 Å². The number of hydrogen-bond acceptors (Lipinski definition) is 4. The summed E-state index contributed by atoms with van der Waals surface area (Å²) in [5.41, 5.74) is 2.08. The highest BCUT2D eigenvalue weighted by molar-refractivity contribution is 5.94. The van der Waals surface area contributed by atoms with Gasteiger partial charge < -0.3 is 14.4 Å². The Kier molecular flexibility index (Phi) is 5.78. The number of amides is 1. The molecule has 138 valence electrons. The number of nitrogens with zero attached hydrogens (tertiary/aromatic N) is 2. The van der Waals surface area contributed by atoms with E-state index in [1.807, 2.05) is 49.5 Å². The van der Waals surface area contributed by atoms with Crippen molar-refractivity contribution in [3.05, 3.63) is 54.1 Å². The predicted molar refractivity (Wildman–Crippen MR) is 103 cm³/mol. The first kappa shape index (κ1) is 18.3. The molecule has 26 heavy (non-hydrogen) atoms. The lowest BCUT2D eigenvalue weighted by atomic mass is 10.0. The lowest BCUT2D eigenvalue weighted by Gasteiger charge is -2.27. The monoisotopic (exact) mass is 354 g/mol. The van der Waals surface area contributed by atoms with Crippen LogP contribution < -0.4 is 14.4 Å². The molecule has 2 aromatic carbocycles. The summed E-state index contributed by atoms with van der Waals surface area (Å²) in [5.74, 6) is 1.55. The van der Waals surface area contributed by atoms with E-state index in [0.717, 1.165) is 42.1 Å². The van der Waals surface area contributed by atoms with Gasteiger partial charge in [0, 0.05) is 18.8 Å². The molecule has 0 saturated carbocycles. The largest absolute Gasteiger partial charge is 0.493 e. The smallest absolute Gasteiger partial charge is 0.240 e. The third kappa shape index (κ3) is 3.83. The standard InChI is InChI=1S/C21H26N2O3/c1-22(17-8-5-4-6-9-17)21(24)15-23-13-7-10-18(23)16-11-12-19(25-2)20(14-16)26-3/h4-6,8-9,11-12,14,18H,7,10,13,15H2,1-3H3. The van der Waals surface area contributed by atoms with Crippen molar-refractivity contribution >= 4 is 11.6 Å². The first-order valence-electron chi connectivity index (χ1n) is 8.91. The number of rotatable bonds is 6. The minimum Gasteiger partial charge on any atom is -0.493 e. The molecule has 0 radical (unpaired) electrons. The second-order valence-corrected chi connectivity index (χ2v) is 6.53. The third-order valence-corrected chi connectivity index (χ3v) is 5.01. The number of benzene rings is 2. The predicted octanol–water partition coefficient (Wildman–Crippen LogP) is 3.50. The average molecular weight is 354 g/mol. The Hall–Kier alpha value is -2.53. The molecule has 0 aromatic heterocycles. The maximum absolute atomic E-state index is 12.7.